The molecule has 27 heavy (non-hydrogen) atoms. The molecule has 4 rings (SSSR count). The van der Waals surface area contributed by atoms with Crippen LogP contribution < -0.4 is 0 Å². The lowest BCUT2D eigenvalue weighted by atomic mass is 9.55. The van der Waals surface area contributed by atoms with Gasteiger partial charge < -0.3 is 10.2 Å². The smallest absolute Gasteiger partial charge is 0.211 e. The van der Waals surface area contributed by atoms with Crippen LogP contribution in [0, 0.1) is 17.3 Å². The maximum Gasteiger partial charge on any atom is 0.211 e. The fraction of sp³-hybridized carbons (Fsp3) is 0.478. The molecule has 0 radical (unpaired) electrons. The van der Waals surface area contributed by atoms with Gasteiger partial charge in [0.1, 0.15) is 5.60 Å². The van der Waals surface area contributed by atoms with Gasteiger partial charge in [-0.3, -0.25) is 0 Å². The van der Waals surface area contributed by atoms with E-state index in [4.69, 9.17) is 13.1 Å². The molecule has 0 bridgehead atoms. The van der Waals surface area contributed by atoms with Crippen LogP contribution in [0.15, 0.2) is 70.5 Å². The Bertz CT molecular complexity index is 815. The average molecular weight is 404 g/mol. The van der Waals surface area contributed by atoms with Crippen molar-refractivity contribution in [1.29, 1.82) is 2.86 Å². The van der Waals surface area contributed by atoms with Crippen molar-refractivity contribution in [2.45, 2.75) is 59.2 Å². The Morgan fingerprint density at radius 1 is 1.07 bits per heavy atom. The van der Waals surface area contributed by atoms with E-state index >= 15 is 0 Å². The number of hydrogen-bond acceptors (Lipinski definition) is 4. The highest BCUT2D eigenvalue weighted by Gasteiger charge is 2.68. The summed E-state index contributed by atoms with van der Waals surface area (Å²) in [5.74, 6) is -0.00286. The molecule has 2 aliphatic rings. The van der Waals surface area contributed by atoms with E-state index in [1.54, 1.807) is 0 Å². The summed E-state index contributed by atoms with van der Waals surface area (Å²) >= 11 is 2.97. The van der Waals surface area contributed by atoms with Gasteiger partial charge in [-0.2, -0.15) is 0 Å². The van der Waals surface area contributed by atoms with Crippen LogP contribution in [0.25, 0.3) is 0 Å². The molecule has 0 aliphatic heterocycles. The van der Waals surface area contributed by atoms with E-state index in [0.29, 0.717) is 12.3 Å². The SMILES string of the molecule is [2H]O[C@H]1C[C@H]2CC[C@]2(C)[C@@]1(O[2H])[C@H](C)C([2H])(Sc1ccccc1)Sc1ccccc1. The molecule has 2 aliphatic carbocycles. The van der Waals surface area contributed by atoms with Gasteiger partial charge in [0.25, 0.3) is 0 Å². The summed E-state index contributed by atoms with van der Waals surface area (Å²) in [5, 5.41) is 10.8. The predicted molar refractivity (Wildman–Crippen MR) is 114 cm³/mol. The third kappa shape index (κ3) is 3.25. The lowest BCUT2D eigenvalue weighted by Crippen LogP contribution is -2.60. The van der Waals surface area contributed by atoms with Gasteiger partial charge in [-0.25, -0.2) is 0 Å². The second-order valence-electron chi connectivity index (χ2n) is 8.04. The zero-order valence-corrected chi connectivity index (χ0v) is 17.4. The minimum atomic E-state index is -1.08. The molecule has 2 fully saturated rings. The van der Waals surface area contributed by atoms with Crippen molar-refractivity contribution in [3.05, 3.63) is 60.7 Å². The topological polar surface area (TPSA) is 40.5 Å². The van der Waals surface area contributed by atoms with Crippen LogP contribution in [0.4, 0.5) is 0 Å². The summed E-state index contributed by atoms with van der Waals surface area (Å²) in [6.07, 6.45) is 2.20. The highest BCUT2D eigenvalue weighted by Crippen LogP contribution is 2.66. The molecule has 4 heteroatoms. The van der Waals surface area contributed by atoms with Crippen molar-refractivity contribution >= 4 is 23.5 Å². The van der Waals surface area contributed by atoms with Crippen LogP contribution in [0.1, 0.15) is 34.5 Å². The predicted octanol–water partition coefficient (Wildman–Crippen LogP) is 5.45. The summed E-state index contributed by atoms with van der Waals surface area (Å²) in [4.78, 5) is 2.00. The van der Waals surface area contributed by atoms with Crippen molar-refractivity contribution in [1.82, 2.24) is 0 Å². The van der Waals surface area contributed by atoms with Gasteiger partial charge in [-0.1, -0.05) is 50.2 Å². The molecular weight excluding hydrogens is 372 g/mol. The first kappa shape index (κ1) is 15.9. The van der Waals surface area contributed by atoms with Crippen LogP contribution in [0.5, 0.6) is 0 Å². The molecule has 2 nitrogen and oxygen atoms in total. The lowest BCUT2D eigenvalue weighted by Gasteiger charge is -2.54. The van der Waals surface area contributed by atoms with Crippen molar-refractivity contribution in [2.24, 2.45) is 17.3 Å². The maximum absolute atomic E-state index is 9.67. The van der Waals surface area contributed by atoms with E-state index in [-0.39, 0.29) is 11.3 Å². The van der Waals surface area contributed by atoms with E-state index in [1.807, 2.05) is 67.6 Å². The Hall–Kier alpha value is -0.940. The monoisotopic (exact) mass is 403 g/mol. The summed E-state index contributed by atoms with van der Waals surface area (Å²) < 4.78 is 24.5. The molecule has 144 valence electrons. The highest BCUT2D eigenvalue weighted by molar-refractivity contribution is 8.17. The molecule has 2 saturated carbocycles. The lowest BCUT2D eigenvalue weighted by molar-refractivity contribution is -0.176. The fourth-order valence-corrected chi connectivity index (χ4v) is 7.33. The van der Waals surface area contributed by atoms with Gasteiger partial charge in [0, 0.05) is 21.1 Å². The van der Waals surface area contributed by atoms with Gasteiger partial charge in [0.05, 0.1) is 12.0 Å². The second kappa shape index (κ2) is 7.47. The number of hydrogen-bond donors (Lipinski definition) is 2. The van der Waals surface area contributed by atoms with Crippen molar-refractivity contribution < 1.29 is 11.6 Å². The molecule has 0 aromatic heterocycles. The molecule has 5 atom stereocenters. The molecule has 0 amide bonds. The summed E-state index contributed by atoms with van der Waals surface area (Å²) in [7, 11) is 0. The van der Waals surface area contributed by atoms with E-state index in [2.05, 4.69) is 6.92 Å². The van der Waals surface area contributed by atoms with Crippen LogP contribution in [0.2, 0.25) is 0 Å². The first-order valence-corrected chi connectivity index (χ1v) is 11.3. The quantitative estimate of drug-likeness (QED) is 0.454. The zero-order chi connectivity index (χ0) is 21.4. The Labute approximate surface area is 175 Å². The van der Waals surface area contributed by atoms with E-state index < -0.39 is 16.3 Å². The normalized spacial score (nSPS) is 35.4. The van der Waals surface area contributed by atoms with Gasteiger partial charge in [0.2, 0.25) is 2.86 Å². The fourth-order valence-electron chi connectivity index (χ4n) is 4.83. The van der Waals surface area contributed by atoms with Crippen LogP contribution in [-0.2, 0) is 0 Å². The Kier molecular flexibility index (Phi) is 4.41. The zero-order valence-electron chi connectivity index (χ0n) is 18.8. The number of aliphatic hydroxyl groups is 2. The molecule has 2 aromatic carbocycles. The molecular formula is C23H28O2S2. The first-order chi connectivity index (χ1) is 14.4. The summed E-state index contributed by atoms with van der Waals surface area (Å²) in [5.41, 5.74) is -1.27. The van der Waals surface area contributed by atoms with Gasteiger partial charge in [-0.15, -0.1) is 23.5 Å². The molecule has 0 heterocycles. The number of fused-ring (bicyclic) bond motifs is 1. The number of benzene rings is 2. The second-order valence-corrected chi connectivity index (χ2v) is 10.5. The molecule has 0 spiro atoms. The molecule has 0 saturated heterocycles. The van der Waals surface area contributed by atoms with Crippen LogP contribution in [0.3, 0.4) is 0 Å². The van der Waals surface area contributed by atoms with Gasteiger partial charge >= 0.3 is 0 Å². The van der Waals surface area contributed by atoms with E-state index in [0.717, 1.165) is 22.6 Å². The maximum atomic E-state index is 9.67. The number of aliphatic hydroxyl groups excluding tert-OH is 1. The molecule has 0 unspecified atom stereocenters. The van der Waals surface area contributed by atoms with Crippen molar-refractivity contribution in [2.75, 3.05) is 0 Å². The van der Waals surface area contributed by atoms with Gasteiger partial charge in [-0.05, 0) is 49.4 Å². The van der Waals surface area contributed by atoms with E-state index in [9.17, 15) is 1.37 Å². The summed E-state index contributed by atoms with van der Waals surface area (Å²) in [6.45, 7) is 4.16. The standard InChI is InChI=1S/C23H28O2S2/c1-16(23(25)20(24)15-17-13-14-22(17,23)2)21(26-18-9-5-3-6-10-18)27-19-11-7-4-8-12-19/h3-12,16-17,20-21,24-25H,13-15H2,1-2H3/t16-,17-,20+,22+,23-/m1/s1/i21D,24D,25D. The van der Waals surface area contributed by atoms with E-state index in [1.165, 1.54) is 23.5 Å². The Morgan fingerprint density at radius 3 is 2.11 bits per heavy atom. The highest BCUT2D eigenvalue weighted by atomic mass is 32.2. The third-order valence-electron chi connectivity index (χ3n) is 6.70. The molecule has 2 aromatic rings. The molecule has 2 N–H and O–H groups in total. The minimum Gasteiger partial charge on any atom is -0.390 e. The minimum absolute atomic E-state index is 0.263. The average Bonchev–Trinajstić information content (AvgIpc) is 2.92. The Balaban J connectivity index is 1.77. The van der Waals surface area contributed by atoms with Crippen molar-refractivity contribution in [3.63, 3.8) is 0 Å². The first-order valence-electron chi connectivity index (χ1n) is 11.0. The van der Waals surface area contributed by atoms with Gasteiger partial charge in [0.15, 0.2) is 0 Å². The van der Waals surface area contributed by atoms with Crippen LogP contribution in [-0.4, -0.2) is 29.3 Å². The third-order valence-corrected chi connectivity index (χ3v) is 9.33. The van der Waals surface area contributed by atoms with Crippen molar-refractivity contribution in [3.8, 4) is 0 Å². The largest absolute Gasteiger partial charge is 0.390 e. The van der Waals surface area contributed by atoms with Crippen LogP contribution >= 0.6 is 23.5 Å². The Morgan fingerprint density at radius 2 is 1.67 bits per heavy atom. The number of rotatable bonds is 8. The summed E-state index contributed by atoms with van der Waals surface area (Å²) in [6, 6.07) is 19.9. The number of thioether (sulfide) groups is 2.